The molecular formula is C31H41ClFN3O3. The predicted octanol–water partition coefficient (Wildman–Crippen LogP) is 5.41. The van der Waals surface area contributed by atoms with Gasteiger partial charge in [-0.2, -0.15) is 0 Å². The van der Waals surface area contributed by atoms with E-state index in [1.807, 2.05) is 18.2 Å². The van der Waals surface area contributed by atoms with E-state index in [2.05, 4.69) is 24.0 Å². The normalized spacial score (nSPS) is 33.9. The minimum atomic E-state index is -1.29. The summed E-state index contributed by atoms with van der Waals surface area (Å²) in [5.41, 5.74) is 0.541. The molecule has 1 spiro atoms. The molecule has 3 heterocycles. The maximum atomic E-state index is 15.9. The monoisotopic (exact) mass is 557 g/mol. The second-order valence-corrected chi connectivity index (χ2v) is 12.1. The zero-order valence-corrected chi connectivity index (χ0v) is 23.5. The van der Waals surface area contributed by atoms with Gasteiger partial charge >= 0.3 is 0 Å². The Balaban J connectivity index is 1.40. The topological polar surface area (TPSA) is 61.9 Å². The van der Waals surface area contributed by atoms with E-state index in [4.69, 9.17) is 16.3 Å². The number of carbonyl (C=O) groups is 2. The molecule has 39 heavy (non-hydrogen) atoms. The lowest BCUT2D eigenvalue weighted by Crippen LogP contribution is -2.73. The molecule has 8 heteroatoms. The van der Waals surface area contributed by atoms with Crippen LogP contribution in [0.5, 0.6) is 0 Å². The van der Waals surface area contributed by atoms with Crippen LogP contribution in [0, 0.1) is 11.8 Å². The summed E-state index contributed by atoms with van der Waals surface area (Å²) in [7, 11) is 0. The molecule has 4 aliphatic rings. The lowest BCUT2D eigenvalue weighted by atomic mass is 9.70. The Morgan fingerprint density at radius 1 is 1.08 bits per heavy atom. The fourth-order valence-electron chi connectivity index (χ4n) is 6.83. The third kappa shape index (κ3) is 6.10. The standard InChI is InChI=1S/C31H41ClFN3O3/c1-2-24-17-26(33)29(34-31(24)15-9-7-5-3-4-6-8-10-16-31)36-19-27(37)35(18-22-11-13-25(32)14-12-22)28(30(36)38)23-20-39-21-23/h2,5,7,11-14,23-24,26,28-29,34H,1,3-4,6,8-10,15-21H2/b7-5-. The number of hydrogen-bond acceptors (Lipinski definition) is 4. The predicted molar refractivity (Wildman–Crippen MR) is 151 cm³/mol. The highest BCUT2D eigenvalue weighted by Gasteiger charge is 2.53. The maximum absolute atomic E-state index is 15.9. The van der Waals surface area contributed by atoms with Crippen LogP contribution in [0.3, 0.4) is 0 Å². The van der Waals surface area contributed by atoms with Gasteiger partial charge in [0, 0.05) is 23.0 Å². The number of amides is 2. The molecule has 0 aromatic heterocycles. The summed E-state index contributed by atoms with van der Waals surface area (Å²) in [5, 5.41) is 4.27. The molecule has 5 unspecified atom stereocenters. The van der Waals surface area contributed by atoms with Gasteiger partial charge in [-0.1, -0.05) is 61.2 Å². The number of allylic oxidation sites excluding steroid dienone is 2. The van der Waals surface area contributed by atoms with Crippen LogP contribution in [0.4, 0.5) is 4.39 Å². The lowest BCUT2D eigenvalue weighted by Gasteiger charge is -2.54. The van der Waals surface area contributed by atoms with Gasteiger partial charge in [-0.05, 0) is 62.1 Å². The molecule has 0 radical (unpaired) electrons. The van der Waals surface area contributed by atoms with Gasteiger partial charge in [0.15, 0.2) is 0 Å². The molecule has 5 rings (SSSR count). The second-order valence-electron chi connectivity index (χ2n) is 11.7. The Morgan fingerprint density at radius 3 is 2.54 bits per heavy atom. The smallest absolute Gasteiger partial charge is 0.247 e. The number of benzene rings is 1. The van der Waals surface area contributed by atoms with Crippen LogP contribution in [-0.4, -0.2) is 65.3 Å². The van der Waals surface area contributed by atoms with E-state index in [0.717, 1.165) is 44.1 Å². The van der Waals surface area contributed by atoms with E-state index >= 15 is 4.39 Å². The Bertz CT molecular complexity index is 1060. The summed E-state index contributed by atoms with van der Waals surface area (Å²) >= 11 is 6.05. The fourth-order valence-corrected chi connectivity index (χ4v) is 6.96. The Morgan fingerprint density at radius 2 is 1.82 bits per heavy atom. The molecule has 2 amide bonds. The number of piperidine rings is 1. The number of alkyl halides is 1. The van der Waals surface area contributed by atoms with E-state index in [1.54, 1.807) is 17.0 Å². The van der Waals surface area contributed by atoms with Crippen molar-refractivity contribution >= 4 is 23.4 Å². The van der Waals surface area contributed by atoms with Crippen LogP contribution in [0.15, 0.2) is 49.1 Å². The van der Waals surface area contributed by atoms with Crippen LogP contribution in [0.2, 0.25) is 5.02 Å². The minimum absolute atomic E-state index is 0.0364. The molecule has 6 nitrogen and oxygen atoms in total. The second kappa shape index (κ2) is 12.5. The molecule has 3 aliphatic heterocycles. The van der Waals surface area contributed by atoms with Crippen LogP contribution in [-0.2, 0) is 20.9 Å². The molecule has 212 valence electrons. The van der Waals surface area contributed by atoms with Crippen LogP contribution in [0.25, 0.3) is 0 Å². The van der Waals surface area contributed by atoms with E-state index < -0.39 is 18.4 Å². The van der Waals surface area contributed by atoms with Crippen molar-refractivity contribution in [1.29, 1.82) is 0 Å². The van der Waals surface area contributed by atoms with E-state index in [-0.39, 0.29) is 35.7 Å². The molecule has 1 aliphatic carbocycles. The number of nitrogens with zero attached hydrogens (tertiary/aromatic N) is 2. The van der Waals surface area contributed by atoms with Gasteiger partial charge in [0.1, 0.15) is 24.9 Å². The first-order valence-electron chi connectivity index (χ1n) is 14.5. The number of piperazine rings is 1. The molecule has 1 aromatic rings. The zero-order valence-electron chi connectivity index (χ0n) is 22.7. The van der Waals surface area contributed by atoms with E-state index in [9.17, 15) is 9.59 Å². The highest BCUT2D eigenvalue weighted by atomic mass is 35.5. The first-order chi connectivity index (χ1) is 18.9. The van der Waals surface area contributed by atoms with Gasteiger partial charge in [0.25, 0.3) is 0 Å². The summed E-state index contributed by atoms with van der Waals surface area (Å²) in [5.74, 6) is -0.497. The Hall–Kier alpha value is -2.22. The number of rotatable bonds is 5. The van der Waals surface area contributed by atoms with Gasteiger partial charge in [-0.3, -0.25) is 14.9 Å². The third-order valence-corrected chi connectivity index (χ3v) is 9.38. The van der Waals surface area contributed by atoms with Crippen molar-refractivity contribution in [3.05, 3.63) is 59.7 Å². The van der Waals surface area contributed by atoms with Gasteiger partial charge in [0.05, 0.1) is 13.2 Å². The van der Waals surface area contributed by atoms with Crippen molar-refractivity contribution in [3.8, 4) is 0 Å². The number of carbonyl (C=O) groups excluding carboxylic acids is 2. The molecule has 3 fully saturated rings. The van der Waals surface area contributed by atoms with Gasteiger partial charge in [0.2, 0.25) is 11.8 Å². The summed E-state index contributed by atoms with van der Waals surface area (Å²) < 4.78 is 21.4. The number of halogens is 2. The zero-order chi connectivity index (χ0) is 27.4. The molecule has 0 saturated carbocycles. The quantitative estimate of drug-likeness (QED) is 0.491. The van der Waals surface area contributed by atoms with Crippen LogP contribution >= 0.6 is 11.6 Å². The van der Waals surface area contributed by atoms with Crippen LogP contribution in [0.1, 0.15) is 63.4 Å². The average molecular weight is 558 g/mol. The summed E-state index contributed by atoms with van der Waals surface area (Å²) in [6.07, 6.45) is 12.9. The van der Waals surface area contributed by atoms with Crippen LogP contribution < -0.4 is 5.32 Å². The van der Waals surface area contributed by atoms with Crippen molar-refractivity contribution in [2.24, 2.45) is 11.8 Å². The minimum Gasteiger partial charge on any atom is -0.380 e. The molecule has 5 atom stereocenters. The largest absolute Gasteiger partial charge is 0.380 e. The first-order valence-corrected chi connectivity index (χ1v) is 14.9. The van der Waals surface area contributed by atoms with Crippen molar-refractivity contribution in [3.63, 3.8) is 0 Å². The Kier molecular flexibility index (Phi) is 9.09. The third-order valence-electron chi connectivity index (χ3n) is 9.13. The van der Waals surface area contributed by atoms with E-state index in [1.165, 1.54) is 17.7 Å². The highest BCUT2D eigenvalue weighted by molar-refractivity contribution is 6.30. The number of ether oxygens (including phenoxy) is 1. The highest BCUT2D eigenvalue weighted by Crippen LogP contribution is 2.41. The summed E-state index contributed by atoms with van der Waals surface area (Å²) in [4.78, 5) is 30.9. The number of hydrogen-bond donors (Lipinski definition) is 1. The van der Waals surface area contributed by atoms with Crippen molar-refractivity contribution < 1.29 is 18.7 Å². The average Bonchev–Trinajstić information content (AvgIpc) is 2.95. The first kappa shape index (κ1) is 28.3. The van der Waals surface area contributed by atoms with E-state index in [0.29, 0.717) is 31.2 Å². The lowest BCUT2D eigenvalue weighted by molar-refractivity contribution is -0.175. The SMILES string of the molecule is C=CC1CC(F)C(N2CC(=O)N(Cc3ccc(Cl)cc3)C(C3COC3)C2=O)NC12CC/C=C\CCCCCC2. The van der Waals surface area contributed by atoms with Gasteiger partial charge in [-0.15, -0.1) is 6.58 Å². The van der Waals surface area contributed by atoms with Crippen molar-refractivity contribution in [1.82, 2.24) is 15.1 Å². The maximum Gasteiger partial charge on any atom is 0.247 e. The van der Waals surface area contributed by atoms with Gasteiger partial charge < -0.3 is 14.5 Å². The molecule has 1 aromatic carbocycles. The van der Waals surface area contributed by atoms with Crippen molar-refractivity contribution in [2.45, 2.75) is 88.3 Å². The molecule has 3 saturated heterocycles. The molecule has 0 bridgehead atoms. The Labute approximate surface area is 236 Å². The fraction of sp³-hybridized carbons (Fsp3) is 0.613. The van der Waals surface area contributed by atoms with Gasteiger partial charge in [-0.25, -0.2) is 4.39 Å². The summed E-state index contributed by atoms with van der Waals surface area (Å²) in [6.45, 7) is 5.08. The molecule has 1 N–H and O–H groups in total. The molecular weight excluding hydrogens is 517 g/mol. The summed E-state index contributed by atoms with van der Waals surface area (Å²) in [6, 6.07) is 6.64. The number of nitrogens with one attached hydrogen (secondary N) is 1. The van der Waals surface area contributed by atoms with Crippen molar-refractivity contribution in [2.75, 3.05) is 19.8 Å².